The van der Waals surface area contributed by atoms with Gasteiger partial charge < -0.3 is 15.0 Å². The van der Waals surface area contributed by atoms with E-state index in [-0.39, 0.29) is 18.0 Å². The average Bonchev–Trinajstić information content (AvgIpc) is 2.88. The molecule has 0 spiro atoms. The van der Waals surface area contributed by atoms with E-state index < -0.39 is 11.8 Å². The van der Waals surface area contributed by atoms with Gasteiger partial charge >= 0.3 is 5.97 Å². The Labute approximate surface area is 200 Å². The number of carbonyl (C=O) groups excluding carboxylic acids is 2. The van der Waals surface area contributed by atoms with Crippen LogP contribution < -0.4 is 10.2 Å². The van der Waals surface area contributed by atoms with Gasteiger partial charge in [0, 0.05) is 42.8 Å². The lowest BCUT2D eigenvalue weighted by atomic mass is 10.1. The van der Waals surface area contributed by atoms with Crippen LogP contribution in [-0.4, -0.2) is 38.9 Å². The highest BCUT2D eigenvalue weighted by Crippen LogP contribution is 2.29. The smallest absolute Gasteiger partial charge is 0.337 e. The molecular weight excluding hydrogens is 451 g/mol. The van der Waals surface area contributed by atoms with E-state index >= 15 is 0 Å². The van der Waals surface area contributed by atoms with E-state index in [1.165, 1.54) is 32.4 Å². The highest BCUT2D eigenvalue weighted by molar-refractivity contribution is 5.89. The van der Waals surface area contributed by atoms with E-state index in [1.54, 1.807) is 35.8 Å². The van der Waals surface area contributed by atoms with Gasteiger partial charge in [-0.1, -0.05) is 6.07 Å². The summed E-state index contributed by atoms with van der Waals surface area (Å²) in [5.41, 5.74) is 2.06. The molecule has 1 aromatic carbocycles. The molecule has 0 saturated carbocycles. The predicted octanol–water partition coefficient (Wildman–Crippen LogP) is 4.16. The van der Waals surface area contributed by atoms with Crippen LogP contribution in [0.5, 0.6) is 0 Å². The summed E-state index contributed by atoms with van der Waals surface area (Å²) in [4.78, 5) is 41.9. The lowest BCUT2D eigenvalue weighted by Gasteiger charge is -2.23. The first kappa shape index (κ1) is 23.4. The highest BCUT2D eigenvalue weighted by atomic mass is 19.1. The Bertz CT molecular complexity index is 1350. The summed E-state index contributed by atoms with van der Waals surface area (Å²) >= 11 is 0. The van der Waals surface area contributed by atoms with E-state index in [0.29, 0.717) is 23.0 Å². The van der Waals surface area contributed by atoms with Gasteiger partial charge in [-0.05, 0) is 42.0 Å². The summed E-state index contributed by atoms with van der Waals surface area (Å²) in [6, 6.07) is 11.3. The normalized spacial score (nSPS) is 10.5. The van der Waals surface area contributed by atoms with Crippen molar-refractivity contribution in [3.63, 3.8) is 0 Å². The van der Waals surface area contributed by atoms with Gasteiger partial charge in [-0.3, -0.25) is 9.78 Å². The fourth-order valence-corrected chi connectivity index (χ4v) is 3.37. The number of nitrogens with zero attached hydrogens (tertiary/aromatic N) is 5. The second kappa shape index (κ2) is 10.5. The van der Waals surface area contributed by atoms with Gasteiger partial charge in [0.15, 0.2) is 5.82 Å². The number of esters is 1. The minimum Gasteiger partial charge on any atom is -0.465 e. The monoisotopic (exact) mass is 472 g/mol. The van der Waals surface area contributed by atoms with Crippen molar-refractivity contribution in [3.8, 4) is 11.1 Å². The number of halogens is 1. The number of hydrogen-bond acceptors (Lipinski definition) is 8. The third kappa shape index (κ3) is 5.61. The summed E-state index contributed by atoms with van der Waals surface area (Å²) in [5.74, 6) is 0.0352. The molecule has 0 bridgehead atoms. The summed E-state index contributed by atoms with van der Waals surface area (Å²) in [5, 5.41) is 2.63. The quantitative estimate of drug-likeness (QED) is 0.400. The first-order chi connectivity index (χ1) is 16.9. The molecule has 1 amide bonds. The Morgan fingerprint density at radius 2 is 1.77 bits per heavy atom. The van der Waals surface area contributed by atoms with E-state index in [2.05, 4.69) is 30.0 Å². The Kier molecular flexibility index (Phi) is 7.01. The number of aromatic nitrogens is 4. The molecule has 0 atom stereocenters. The SMILES string of the molecule is COC(=O)c1ccc(CN(c2cnccn2)c2cc(-c3ccc(NC(C)=O)nc3)ccn2)c(F)c1. The molecule has 3 aromatic heterocycles. The minimum atomic E-state index is -0.617. The molecule has 1 N–H and O–H groups in total. The van der Waals surface area contributed by atoms with Crippen molar-refractivity contribution < 1.29 is 18.7 Å². The van der Waals surface area contributed by atoms with E-state index in [9.17, 15) is 14.0 Å². The molecular formula is C25H21FN6O3. The zero-order valence-electron chi connectivity index (χ0n) is 19.0. The number of methoxy groups -OCH3 is 1. The van der Waals surface area contributed by atoms with Crippen molar-refractivity contribution in [3.05, 3.63) is 90.4 Å². The van der Waals surface area contributed by atoms with Gasteiger partial charge in [0.1, 0.15) is 17.5 Å². The Hall–Kier alpha value is -4.73. The second-order valence-corrected chi connectivity index (χ2v) is 7.46. The number of nitrogens with one attached hydrogen (secondary N) is 1. The van der Waals surface area contributed by atoms with E-state index in [4.69, 9.17) is 0 Å². The molecule has 0 saturated heterocycles. The zero-order valence-corrected chi connectivity index (χ0v) is 19.0. The number of ether oxygens (including phenoxy) is 1. The lowest BCUT2D eigenvalue weighted by molar-refractivity contribution is -0.114. The number of hydrogen-bond donors (Lipinski definition) is 1. The first-order valence-electron chi connectivity index (χ1n) is 10.5. The molecule has 9 nitrogen and oxygen atoms in total. The van der Waals surface area contributed by atoms with E-state index in [1.807, 2.05) is 18.2 Å². The van der Waals surface area contributed by atoms with Crippen LogP contribution in [0.25, 0.3) is 11.1 Å². The number of anilines is 3. The van der Waals surface area contributed by atoms with Gasteiger partial charge in [0.25, 0.3) is 0 Å². The van der Waals surface area contributed by atoms with Gasteiger partial charge in [-0.15, -0.1) is 0 Å². The standard InChI is InChI=1S/C25H21FN6O3/c1-16(33)31-22-6-5-19(13-30-22)17-7-8-28-23(12-17)32(24-14-27-9-10-29-24)15-20-4-3-18(11-21(20)26)25(34)35-2/h3-14H,15H2,1-2H3,(H,30,31,33). The molecule has 4 aromatic rings. The lowest BCUT2D eigenvalue weighted by Crippen LogP contribution is -2.20. The molecule has 0 radical (unpaired) electrons. The number of benzene rings is 1. The van der Waals surface area contributed by atoms with Crippen molar-refractivity contribution in [1.29, 1.82) is 0 Å². The maximum Gasteiger partial charge on any atom is 0.337 e. The minimum absolute atomic E-state index is 0.0855. The average molecular weight is 472 g/mol. The molecule has 3 heterocycles. The molecule has 10 heteroatoms. The molecule has 0 aliphatic rings. The summed E-state index contributed by atoms with van der Waals surface area (Å²) in [7, 11) is 1.24. The van der Waals surface area contributed by atoms with Crippen LogP contribution in [0, 0.1) is 5.82 Å². The van der Waals surface area contributed by atoms with Crippen LogP contribution in [0.3, 0.4) is 0 Å². The Balaban J connectivity index is 1.68. The molecule has 0 unspecified atom stereocenters. The van der Waals surface area contributed by atoms with Gasteiger partial charge in [-0.2, -0.15) is 0 Å². The van der Waals surface area contributed by atoms with Crippen LogP contribution in [0.4, 0.5) is 21.8 Å². The maximum absolute atomic E-state index is 14.9. The Morgan fingerprint density at radius 3 is 2.43 bits per heavy atom. The van der Waals surface area contributed by atoms with Crippen molar-refractivity contribution >= 4 is 29.3 Å². The zero-order chi connectivity index (χ0) is 24.8. The van der Waals surface area contributed by atoms with Crippen LogP contribution in [0.15, 0.2) is 73.4 Å². The third-order valence-corrected chi connectivity index (χ3v) is 5.05. The molecule has 0 aliphatic carbocycles. The van der Waals surface area contributed by atoms with E-state index in [0.717, 1.165) is 17.2 Å². The van der Waals surface area contributed by atoms with Crippen LogP contribution in [0.2, 0.25) is 0 Å². The number of amides is 1. The van der Waals surface area contributed by atoms with Gasteiger partial charge in [0.05, 0.1) is 25.4 Å². The topological polar surface area (TPSA) is 110 Å². The number of rotatable bonds is 7. The molecule has 0 aliphatic heterocycles. The van der Waals surface area contributed by atoms with Crippen molar-refractivity contribution in [2.24, 2.45) is 0 Å². The largest absolute Gasteiger partial charge is 0.465 e. The first-order valence-corrected chi connectivity index (χ1v) is 10.5. The second-order valence-electron chi connectivity index (χ2n) is 7.46. The van der Waals surface area contributed by atoms with Crippen molar-refractivity contribution in [2.45, 2.75) is 13.5 Å². The molecule has 0 fully saturated rings. The van der Waals surface area contributed by atoms with Crippen LogP contribution in [0.1, 0.15) is 22.8 Å². The van der Waals surface area contributed by atoms with Gasteiger partial charge in [-0.25, -0.2) is 24.1 Å². The summed E-state index contributed by atoms with van der Waals surface area (Å²) in [6.07, 6.45) is 7.90. The van der Waals surface area contributed by atoms with Crippen LogP contribution in [-0.2, 0) is 16.1 Å². The van der Waals surface area contributed by atoms with Crippen molar-refractivity contribution in [2.75, 3.05) is 17.3 Å². The molecule has 35 heavy (non-hydrogen) atoms. The molecule has 176 valence electrons. The van der Waals surface area contributed by atoms with Crippen LogP contribution >= 0.6 is 0 Å². The number of carbonyl (C=O) groups is 2. The van der Waals surface area contributed by atoms with Crippen molar-refractivity contribution in [1.82, 2.24) is 19.9 Å². The highest BCUT2D eigenvalue weighted by Gasteiger charge is 2.18. The predicted molar refractivity (Wildman–Crippen MR) is 127 cm³/mol. The fraction of sp³-hybridized carbons (Fsp3) is 0.120. The maximum atomic E-state index is 14.9. The number of pyridine rings is 2. The summed E-state index contributed by atoms with van der Waals surface area (Å²) < 4.78 is 19.5. The third-order valence-electron chi connectivity index (χ3n) is 5.05. The molecule has 4 rings (SSSR count). The fourth-order valence-electron chi connectivity index (χ4n) is 3.37. The Morgan fingerprint density at radius 1 is 0.943 bits per heavy atom. The summed E-state index contributed by atoms with van der Waals surface area (Å²) in [6.45, 7) is 1.50. The van der Waals surface area contributed by atoms with Gasteiger partial charge in [0.2, 0.25) is 5.91 Å².